The third kappa shape index (κ3) is 3.84. The van der Waals surface area contributed by atoms with Crippen LogP contribution in [0.15, 0.2) is 35.3 Å². The minimum Gasteiger partial charge on any atom is -0.490 e. The highest BCUT2D eigenvalue weighted by Crippen LogP contribution is 2.32. The normalized spacial score (nSPS) is 14.5. The summed E-state index contributed by atoms with van der Waals surface area (Å²) in [6.07, 6.45) is 0.879. The van der Waals surface area contributed by atoms with Crippen molar-refractivity contribution in [3.05, 3.63) is 39.5 Å². The molecule has 0 atom stereocenters. The lowest BCUT2D eigenvalue weighted by Crippen LogP contribution is -2.22. The number of guanidine groups is 1. The average molecular weight is 338 g/mol. The van der Waals surface area contributed by atoms with E-state index in [0.29, 0.717) is 25.7 Å². The first-order valence-electron chi connectivity index (χ1n) is 6.91. The highest BCUT2D eigenvalue weighted by molar-refractivity contribution is 7.16. The van der Waals surface area contributed by atoms with Crippen molar-refractivity contribution < 1.29 is 9.47 Å². The van der Waals surface area contributed by atoms with Crippen LogP contribution in [0.5, 0.6) is 11.5 Å². The maximum absolute atomic E-state index is 5.91. The van der Waals surface area contributed by atoms with Gasteiger partial charge in [-0.15, -0.1) is 11.3 Å². The molecule has 0 aliphatic carbocycles. The number of ether oxygens (including phenoxy) is 2. The van der Waals surface area contributed by atoms with E-state index in [1.807, 2.05) is 30.3 Å². The summed E-state index contributed by atoms with van der Waals surface area (Å²) < 4.78 is 12.0. The Bertz CT molecular complexity index is 687. The molecule has 3 N–H and O–H groups in total. The first-order chi connectivity index (χ1) is 10.7. The molecule has 0 amide bonds. The van der Waals surface area contributed by atoms with Crippen molar-refractivity contribution in [1.82, 2.24) is 0 Å². The Balaban J connectivity index is 1.65. The van der Waals surface area contributed by atoms with Gasteiger partial charge in [-0.2, -0.15) is 0 Å². The molecule has 1 aliphatic heterocycles. The van der Waals surface area contributed by atoms with E-state index in [0.717, 1.165) is 32.8 Å². The molecule has 1 aliphatic rings. The highest BCUT2D eigenvalue weighted by Gasteiger charge is 2.10. The number of rotatable bonds is 3. The van der Waals surface area contributed by atoms with Crippen molar-refractivity contribution in [3.63, 3.8) is 0 Å². The van der Waals surface area contributed by atoms with Crippen LogP contribution >= 0.6 is 22.9 Å². The first kappa shape index (κ1) is 15.0. The van der Waals surface area contributed by atoms with E-state index in [1.54, 1.807) is 0 Å². The van der Waals surface area contributed by atoms with E-state index >= 15 is 0 Å². The van der Waals surface area contributed by atoms with Gasteiger partial charge in [-0.05, 0) is 24.3 Å². The van der Waals surface area contributed by atoms with Gasteiger partial charge in [0.25, 0.3) is 0 Å². The van der Waals surface area contributed by atoms with Crippen LogP contribution in [0.3, 0.4) is 0 Å². The van der Waals surface area contributed by atoms with Crippen LogP contribution in [0, 0.1) is 0 Å². The highest BCUT2D eigenvalue weighted by atomic mass is 35.5. The van der Waals surface area contributed by atoms with Gasteiger partial charge in [0.1, 0.15) is 0 Å². The summed E-state index contributed by atoms with van der Waals surface area (Å²) in [5, 5.41) is 3.05. The molecule has 116 valence electrons. The molecule has 3 rings (SSSR count). The van der Waals surface area contributed by atoms with Crippen molar-refractivity contribution in [2.75, 3.05) is 18.5 Å². The van der Waals surface area contributed by atoms with E-state index in [4.69, 9.17) is 26.8 Å². The van der Waals surface area contributed by atoms with Gasteiger partial charge < -0.3 is 20.5 Å². The number of hydrogen-bond donors (Lipinski definition) is 2. The molecule has 0 radical (unpaired) electrons. The van der Waals surface area contributed by atoms with Crippen LogP contribution in [0.1, 0.15) is 11.3 Å². The molecule has 0 saturated heterocycles. The lowest BCUT2D eigenvalue weighted by atomic mass is 10.3. The lowest BCUT2D eigenvalue weighted by molar-refractivity contribution is 0.297. The van der Waals surface area contributed by atoms with Gasteiger partial charge in [0.15, 0.2) is 17.5 Å². The third-order valence-electron chi connectivity index (χ3n) is 3.05. The molecule has 0 saturated carbocycles. The van der Waals surface area contributed by atoms with Crippen molar-refractivity contribution in [1.29, 1.82) is 0 Å². The van der Waals surface area contributed by atoms with E-state index < -0.39 is 0 Å². The Morgan fingerprint density at radius 2 is 2.05 bits per heavy atom. The number of anilines is 1. The quantitative estimate of drug-likeness (QED) is 0.664. The minimum absolute atomic E-state index is 0.346. The second-order valence-electron chi connectivity index (χ2n) is 4.74. The summed E-state index contributed by atoms with van der Waals surface area (Å²) in [6.45, 7) is 1.83. The van der Waals surface area contributed by atoms with Gasteiger partial charge in [-0.25, -0.2) is 4.99 Å². The van der Waals surface area contributed by atoms with Crippen LogP contribution < -0.4 is 20.5 Å². The standard InChI is InChI=1S/C15H16ClN3O2S/c16-14-5-3-11(22-14)9-18-15(17)19-10-2-4-12-13(8-10)21-7-1-6-20-12/h2-5,8H,1,6-7,9H2,(H3,17,18,19). The number of halogens is 1. The molecular weight excluding hydrogens is 322 g/mol. The topological polar surface area (TPSA) is 68.9 Å². The number of hydrogen-bond acceptors (Lipinski definition) is 4. The molecule has 7 heteroatoms. The van der Waals surface area contributed by atoms with Crippen LogP contribution in [0.4, 0.5) is 5.69 Å². The number of fused-ring (bicyclic) bond motifs is 1. The van der Waals surface area contributed by atoms with E-state index in [2.05, 4.69) is 10.3 Å². The van der Waals surface area contributed by atoms with Gasteiger partial charge in [-0.1, -0.05) is 11.6 Å². The number of nitrogens with two attached hydrogens (primary N) is 1. The van der Waals surface area contributed by atoms with Gasteiger partial charge in [-0.3, -0.25) is 0 Å². The molecule has 2 aromatic rings. The van der Waals surface area contributed by atoms with Crippen molar-refractivity contribution >= 4 is 34.6 Å². The Morgan fingerprint density at radius 1 is 1.23 bits per heavy atom. The summed E-state index contributed by atoms with van der Waals surface area (Å²) >= 11 is 7.38. The molecule has 1 aromatic carbocycles. The van der Waals surface area contributed by atoms with Crippen LogP contribution in [0.2, 0.25) is 4.34 Å². The third-order valence-corrected chi connectivity index (χ3v) is 4.27. The van der Waals surface area contributed by atoms with E-state index in [1.165, 1.54) is 11.3 Å². The van der Waals surface area contributed by atoms with Crippen molar-refractivity contribution in [2.45, 2.75) is 13.0 Å². The van der Waals surface area contributed by atoms with E-state index in [-0.39, 0.29) is 0 Å². The average Bonchev–Trinajstić information content (AvgIpc) is 2.78. The predicted molar refractivity (Wildman–Crippen MR) is 90.3 cm³/mol. The number of aliphatic imine (C=N–C) groups is 1. The first-order valence-corrected chi connectivity index (χ1v) is 8.11. The van der Waals surface area contributed by atoms with Gasteiger partial charge >= 0.3 is 0 Å². The zero-order valence-corrected chi connectivity index (χ0v) is 13.4. The largest absolute Gasteiger partial charge is 0.490 e. The van der Waals surface area contributed by atoms with Gasteiger partial charge in [0, 0.05) is 23.1 Å². The fraction of sp³-hybridized carbons (Fsp3) is 0.267. The van der Waals surface area contributed by atoms with E-state index in [9.17, 15) is 0 Å². The SMILES string of the molecule is NC(=NCc1ccc(Cl)s1)Nc1ccc2c(c1)OCCCO2. The Hall–Kier alpha value is -1.92. The molecule has 0 spiro atoms. The maximum atomic E-state index is 5.91. The smallest absolute Gasteiger partial charge is 0.193 e. The van der Waals surface area contributed by atoms with Crippen molar-refractivity contribution in [3.8, 4) is 11.5 Å². The second kappa shape index (κ2) is 6.89. The number of nitrogens with one attached hydrogen (secondary N) is 1. The van der Waals surface area contributed by atoms with Gasteiger partial charge in [0.05, 0.1) is 24.1 Å². The zero-order chi connectivity index (χ0) is 15.4. The van der Waals surface area contributed by atoms with Crippen LogP contribution in [0.25, 0.3) is 0 Å². The Morgan fingerprint density at radius 3 is 2.82 bits per heavy atom. The summed E-state index contributed by atoms with van der Waals surface area (Å²) in [7, 11) is 0. The Labute approximate surface area is 137 Å². The monoisotopic (exact) mass is 337 g/mol. The molecule has 5 nitrogen and oxygen atoms in total. The van der Waals surface area contributed by atoms with Gasteiger partial charge in [0.2, 0.25) is 0 Å². The zero-order valence-electron chi connectivity index (χ0n) is 11.8. The summed E-state index contributed by atoms with van der Waals surface area (Å²) in [5.41, 5.74) is 6.72. The number of thiophene rings is 1. The van der Waals surface area contributed by atoms with Crippen molar-refractivity contribution in [2.24, 2.45) is 10.7 Å². The predicted octanol–water partition coefficient (Wildman–Crippen LogP) is 3.49. The fourth-order valence-electron chi connectivity index (χ4n) is 2.03. The maximum Gasteiger partial charge on any atom is 0.193 e. The summed E-state index contributed by atoms with van der Waals surface area (Å²) in [6, 6.07) is 9.42. The minimum atomic E-state index is 0.346. The summed E-state index contributed by atoms with van der Waals surface area (Å²) in [4.78, 5) is 5.36. The summed E-state index contributed by atoms with van der Waals surface area (Å²) in [5.74, 6) is 1.83. The molecule has 22 heavy (non-hydrogen) atoms. The lowest BCUT2D eigenvalue weighted by Gasteiger charge is -2.10. The molecule has 1 aromatic heterocycles. The Kier molecular flexibility index (Phi) is 4.70. The molecule has 0 unspecified atom stereocenters. The van der Waals surface area contributed by atoms with Crippen LogP contribution in [-0.4, -0.2) is 19.2 Å². The number of nitrogens with zero attached hydrogens (tertiary/aromatic N) is 1. The van der Waals surface area contributed by atoms with Crippen LogP contribution in [-0.2, 0) is 6.54 Å². The number of benzene rings is 1. The molecule has 2 heterocycles. The molecular formula is C15H16ClN3O2S. The fourth-order valence-corrected chi connectivity index (χ4v) is 3.04. The molecule has 0 bridgehead atoms. The molecule has 0 fully saturated rings. The second-order valence-corrected chi connectivity index (χ2v) is 6.54.